The summed E-state index contributed by atoms with van der Waals surface area (Å²) >= 11 is 0. The molecule has 0 aliphatic carbocycles. The second kappa shape index (κ2) is 4.62. The molecular weight excluding hydrogens is 214 g/mol. The van der Waals surface area contributed by atoms with Gasteiger partial charge in [0.25, 0.3) is 5.89 Å². The maximum atomic E-state index is 8.99. The summed E-state index contributed by atoms with van der Waals surface area (Å²) in [6.45, 7) is 3.68. The molecule has 1 heterocycles. The third-order valence-electron chi connectivity index (χ3n) is 2.28. The Labute approximate surface area is 99.2 Å². The minimum atomic E-state index is 0.270. The van der Waals surface area contributed by atoms with E-state index in [1.54, 1.807) is 0 Å². The van der Waals surface area contributed by atoms with Crippen LogP contribution < -0.4 is 0 Å². The smallest absolute Gasteiger partial charge is 0.268 e. The number of rotatable bonds is 2. The lowest BCUT2D eigenvalue weighted by molar-refractivity contribution is 0.409. The minimum Gasteiger partial charge on any atom is -0.333 e. The quantitative estimate of drug-likeness (QED) is 0.737. The molecule has 0 spiro atoms. The van der Waals surface area contributed by atoms with E-state index in [9.17, 15) is 0 Å². The molecule has 1 aromatic heterocycles. The number of nitriles is 1. The minimum absolute atomic E-state index is 0.270. The Morgan fingerprint density at radius 3 is 2.53 bits per heavy atom. The Morgan fingerprint density at radius 2 is 1.94 bits per heavy atom. The van der Waals surface area contributed by atoms with Gasteiger partial charge in [0.2, 0.25) is 5.82 Å². The Bertz CT molecular complexity index is 587. The van der Waals surface area contributed by atoms with E-state index in [0.29, 0.717) is 11.4 Å². The normalized spacial score (nSPS) is 9.71. The Kier molecular flexibility index (Phi) is 3.01. The summed E-state index contributed by atoms with van der Waals surface area (Å²) in [5, 5.41) is 12.9. The molecule has 0 saturated carbocycles. The zero-order chi connectivity index (χ0) is 12.3. The fourth-order valence-electron chi connectivity index (χ4n) is 1.40. The molecule has 0 unspecified atom stereocenters. The van der Waals surface area contributed by atoms with Crippen molar-refractivity contribution in [1.29, 1.82) is 5.26 Å². The van der Waals surface area contributed by atoms with Gasteiger partial charge < -0.3 is 4.52 Å². The molecule has 0 atom stereocenters. The van der Waals surface area contributed by atoms with E-state index in [0.717, 1.165) is 11.1 Å². The van der Waals surface area contributed by atoms with Gasteiger partial charge in [0.1, 0.15) is 11.6 Å². The molecule has 1 aromatic carbocycles. The van der Waals surface area contributed by atoms with Crippen molar-refractivity contribution >= 4 is 5.57 Å². The summed E-state index contributed by atoms with van der Waals surface area (Å²) in [7, 11) is 0. The average molecular weight is 225 g/mol. The lowest BCUT2D eigenvalue weighted by atomic mass is 10.1. The Balaban J connectivity index is 2.42. The standard InChI is InChI=1S/C13H11N3O/c1-9(2)11(8-14)13-15-12(16-17-13)10-6-4-3-5-7-10/h3-7H,1-2H3. The van der Waals surface area contributed by atoms with Crippen LogP contribution in [-0.4, -0.2) is 10.1 Å². The average Bonchev–Trinajstić information content (AvgIpc) is 2.80. The van der Waals surface area contributed by atoms with Crippen LogP contribution in [0.25, 0.3) is 17.0 Å². The molecule has 0 amide bonds. The van der Waals surface area contributed by atoms with Crippen molar-refractivity contribution in [2.24, 2.45) is 0 Å². The van der Waals surface area contributed by atoms with Gasteiger partial charge in [-0.2, -0.15) is 10.2 Å². The van der Waals surface area contributed by atoms with E-state index in [2.05, 4.69) is 16.2 Å². The lowest BCUT2D eigenvalue weighted by Gasteiger charge is -1.92. The molecule has 2 rings (SSSR count). The zero-order valence-corrected chi connectivity index (χ0v) is 9.64. The lowest BCUT2D eigenvalue weighted by Crippen LogP contribution is -1.85. The van der Waals surface area contributed by atoms with E-state index in [1.807, 2.05) is 44.2 Å². The van der Waals surface area contributed by atoms with Crippen molar-refractivity contribution < 1.29 is 4.52 Å². The molecule has 0 saturated heterocycles. The number of hydrogen-bond donors (Lipinski definition) is 0. The molecule has 0 aliphatic heterocycles. The SMILES string of the molecule is CC(C)=C(C#N)c1nc(-c2ccccc2)no1. The van der Waals surface area contributed by atoms with Gasteiger partial charge in [0.15, 0.2) is 0 Å². The first kappa shape index (κ1) is 11.1. The maximum Gasteiger partial charge on any atom is 0.268 e. The molecular formula is C13H11N3O. The van der Waals surface area contributed by atoms with Crippen molar-refractivity contribution in [2.75, 3.05) is 0 Å². The molecule has 84 valence electrons. The van der Waals surface area contributed by atoms with Crippen molar-refractivity contribution in [2.45, 2.75) is 13.8 Å². The molecule has 0 radical (unpaired) electrons. The molecule has 4 nitrogen and oxygen atoms in total. The summed E-state index contributed by atoms with van der Waals surface area (Å²) in [4.78, 5) is 4.21. The molecule has 0 N–H and O–H groups in total. The molecule has 4 heteroatoms. The van der Waals surface area contributed by atoms with Crippen LogP contribution in [0.3, 0.4) is 0 Å². The van der Waals surface area contributed by atoms with Crippen LogP contribution in [0.2, 0.25) is 0 Å². The van der Waals surface area contributed by atoms with Crippen LogP contribution in [0.1, 0.15) is 19.7 Å². The van der Waals surface area contributed by atoms with Crippen molar-refractivity contribution in [3.05, 3.63) is 41.8 Å². The second-order valence-electron chi connectivity index (χ2n) is 3.78. The Morgan fingerprint density at radius 1 is 1.24 bits per heavy atom. The van der Waals surface area contributed by atoms with Gasteiger partial charge in [-0.05, 0) is 13.8 Å². The van der Waals surface area contributed by atoms with Crippen molar-refractivity contribution in [3.8, 4) is 17.5 Å². The maximum absolute atomic E-state index is 8.99. The van der Waals surface area contributed by atoms with Gasteiger partial charge in [-0.3, -0.25) is 0 Å². The van der Waals surface area contributed by atoms with Gasteiger partial charge in [-0.1, -0.05) is 41.1 Å². The largest absolute Gasteiger partial charge is 0.333 e. The Hall–Kier alpha value is -2.41. The van der Waals surface area contributed by atoms with Gasteiger partial charge in [-0.25, -0.2) is 0 Å². The molecule has 0 fully saturated rings. The highest BCUT2D eigenvalue weighted by Crippen LogP contribution is 2.20. The van der Waals surface area contributed by atoms with E-state index >= 15 is 0 Å². The number of nitrogens with zero attached hydrogens (tertiary/aromatic N) is 3. The number of aromatic nitrogens is 2. The topological polar surface area (TPSA) is 62.7 Å². The second-order valence-corrected chi connectivity index (χ2v) is 3.78. The summed E-state index contributed by atoms with van der Waals surface area (Å²) in [5.41, 5.74) is 2.16. The van der Waals surface area contributed by atoms with Crippen molar-refractivity contribution in [3.63, 3.8) is 0 Å². The van der Waals surface area contributed by atoms with E-state index in [-0.39, 0.29) is 5.89 Å². The predicted molar refractivity (Wildman–Crippen MR) is 63.6 cm³/mol. The van der Waals surface area contributed by atoms with E-state index in [4.69, 9.17) is 9.78 Å². The zero-order valence-electron chi connectivity index (χ0n) is 9.64. The van der Waals surface area contributed by atoms with Crippen LogP contribution in [0.4, 0.5) is 0 Å². The van der Waals surface area contributed by atoms with E-state index < -0.39 is 0 Å². The molecule has 17 heavy (non-hydrogen) atoms. The van der Waals surface area contributed by atoms with Gasteiger partial charge in [0, 0.05) is 5.56 Å². The van der Waals surface area contributed by atoms with Crippen molar-refractivity contribution in [1.82, 2.24) is 10.1 Å². The first-order valence-corrected chi connectivity index (χ1v) is 5.19. The highest BCUT2D eigenvalue weighted by atomic mass is 16.5. The highest BCUT2D eigenvalue weighted by molar-refractivity contribution is 5.74. The number of allylic oxidation sites excluding steroid dienone is 2. The van der Waals surface area contributed by atoms with Crippen LogP contribution >= 0.6 is 0 Å². The molecule has 0 aliphatic rings. The van der Waals surface area contributed by atoms with Crippen LogP contribution in [0.5, 0.6) is 0 Å². The van der Waals surface area contributed by atoms with Crippen LogP contribution in [-0.2, 0) is 0 Å². The highest BCUT2D eigenvalue weighted by Gasteiger charge is 2.13. The van der Waals surface area contributed by atoms with Crippen LogP contribution in [0.15, 0.2) is 40.4 Å². The third kappa shape index (κ3) is 2.23. The number of hydrogen-bond acceptors (Lipinski definition) is 4. The number of benzene rings is 1. The summed E-state index contributed by atoms with van der Waals surface area (Å²) in [6.07, 6.45) is 0. The van der Waals surface area contributed by atoms with Gasteiger partial charge in [-0.15, -0.1) is 0 Å². The first-order valence-electron chi connectivity index (χ1n) is 5.19. The monoisotopic (exact) mass is 225 g/mol. The third-order valence-corrected chi connectivity index (χ3v) is 2.28. The molecule has 0 bridgehead atoms. The first-order chi connectivity index (χ1) is 8.22. The summed E-state index contributed by atoms with van der Waals surface area (Å²) < 4.78 is 5.09. The fourth-order valence-corrected chi connectivity index (χ4v) is 1.40. The fraction of sp³-hybridized carbons (Fsp3) is 0.154. The van der Waals surface area contributed by atoms with E-state index in [1.165, 1.54) is 0 Å². The predicted octanol–water partition coefficient (Wildman–Crippen LogP) is 3.05. The van der Waals surface area contributed by atoms with Gasteiger partial charge >= 0.3 is 0 Å². The summed E-state index contributed by atoms with van der Waals surface area (Å²) in [5.74, 6) is 0.765. The molecule has 2 aromatic rings. The van der Waals surface area contributed by atoms with Gasteiger partial charge in [0.05, 0.1) is 0 Å². The van der Waals surface area contributed by atoms with Crippen LogP contribution in [0, 0.1) is 11.3 Å². The summed E-state index contributed by atoms with van der Waals surface area (Å²) in [6, 6.07) is 11.6.